The number of nitrogens with one attached hydrogen (secondary N) is 1. The van der Waals surface area contributed by atoms with E-state index >= 15 is 0 Å². The molecule has 4 rings (SSSR count). The van der Waals surface area contributed by atoms with Crippen LogP contribution in [0.2, 0.25) is 0 Å². The molecule has 1 fully saturated rings. The third kappa shape index (κ3) is 6.32. The molecule has 2 aromatic carbocycles. The molecule has 0 bridgehead atoms. The van der Waals surface area contributed by atoms with Gasteiger partial charge in [0.15, 0.2) is 11.5 Å². The molecule has 3 aromatic rings. The molecule has 1 unspecified atom stereocenters. The zero-order chi connectivity index (χ0) is 23.0. The van der Waals surface area contributed by atoms with Gasteiger partial charge in [-0.25, -0.2) is 0 Å². The molecule has 1 atom stereocenters. The van der Waals surface area contributed by atoms with Crippen molar-refractivity contribution in [2.24, 2.45) is 5.92 Å². The lowest BCUT2D eigenvalue weighted by Gasteiger charge is -2.10. The van der Waals surface area contributed by atoms with Crippen molar-refractivity contribution in [2.45, 2.75) is 26.2 Å². The van der Waals surface area contributed by atoms with Crippen LogP contribution in [-0.4, -0.2) is 41.5 Å². The lowest BCUT2D eigenvalue weighted by atomic mass is 10.1. The number of thioether (sulfide) groups is 1. The minimum absolute atomic E-state index is 0.0904. The van der Waals surface area contributed by atoms with E-state index in [2.05, 4.69) is 34.7 Å². The molecule has 2 heterocycles. The third-order valence-electron chi connectivity index (χ3n) is 5.48. The summed E-state index contributed by atoms with van der Waals surface area (Å²) in [5.41, 5.74) is 1.79. The van der Waals surface area contributed by atoms with E-state index in [1.807, 2.05) is 24.5 Å². The molecule has 9 heteroatoms. The highest BCUT2D eigenvalue weighted by Gasteiger charge is 2.24. The summed E-state index contributed by atoms with van der Waals surface area (Å²) in [4.78, 5) is 12.8. The number of rotatable bonds is 9. The fourth-order valence-electron chi connectivity index (χ4n) is 3.63. The van der Waals surface area contributed by atoms with Crippen molar-refractivity contribution in [3.05, 3.63) is 65.0 Å². The number of amides is 1. The zero-order valence-electron chi connectivity index (χ0n) is 18.4. The van der Waals surface area contributed by atoms with Crippen LogP contribution < -0.4 is 5.32 Å². The smallest absolute Gasteiger partial charge is 0.273 e. The molecule has 1 aromatic heterocycles. The van der Waals surface area contributed by atoms with Gasteiger partial charge in [0.05, 0.1) is 18.8 Å². The Bertz CT molecular complexity index is 1110. The lowest BCUT2D eigenvalue weighted by molar-refractivity contribution is 0.0865. The highest BCUT2D eigenvalue weighted by atomic mass is 32.2. The maximum atomic E-state index is 12.8. The van der Waals surface area contributed by atoms with Gasteiger partial charge in [0.2, 0.25) is 4.38 Å². The van der Waals surface area contributed by atoms with Gasteiger partial charge in [-0.2, -0.15) is 0 Å². The van der Waals surface area contributed by atoms with Crippen LogP contribution in [0.25, 0.3) is 10.8 Å². The molecule has 1 aliphatic heterocycles. The Morgan fingerprint density at radius 3 is 2.85 bits per heavy atom. The normalized spacial score (nSPS) is 15.6. The van der Waals surface area contributed by atoms with Crippen LogP contribution in [0.4, 0.5) is 0 Å². The van der Waals surface area contributed by atoms with Crippen molar-refractivity contribution in [1.29, 1.82) is 0 Å². The average Bonchev–Trinajstić information content (AvgIpc) is 3.51. The van der Waals surface area contributed by atoms with E-state index in [1.165, 1.54) is 17.1 Å². The number of fused-ring (bicyclic) bond motifs is 1. The molecule has 1 saturated heterocycles. The Kier molecular flexibility index (Phi) is 8.33. The number of carbonyl (C=O) groups excluding carboxylic acids is 1. The standard InChI is InChI=1S/C24H26N2O5S2/c1-33-24(32)30-14-20-21(31-26-22(20)23(27)25-11-17-8-9-28-13-17)15-29-12-16-6-7-18-4-2-3-5-19(18)10-16/h2-7,10,17H,8-9,11-15H2,1H3,(H,25,27). The number of carbonyl (C=O) groups is 1. The number of hydrogen-bond donors (Lipinski definition) is 1. The van der Waals surface area contributed by atoms with E-state index in [9.17, 15) is 4.79 Å². The Labute approximate surface area is 202 Å². The SMILES string of the molecule is CSC(=S)OCc1c(C(=O)NCC2CCOC2)noc1COCc1ccc2ccccc2c1. The first-order chi connectivity index (χ1) is 16.1. The summed E-state index contributed by atoms with van der Waals surface area (Å²) in [7, 11) is 0. The van der Waals surface area contributed by atoms with Crippen LogP contribution in [0, 0.1) is 5.92 Å². The van der Waals surface area contributed by atoms with Gasteiger partial charge in [-0.05, 0) is 47.3 Å². The molecule has 1 amide bonds. The van der Waals surface area contributed by atoms with Crippen LogP contribution in [0.15, 0.2) is 47.0 Å². The monoisotopic (exact) mass is 486 g/mol. The minimum Gasteiger partial charge on any atom is -0.473 e. The molecular formula is C24H26N2O5S2. The molecule has 7 nitrogen and oxygen atoms in total. The third-order valence-corrected chi connectivity index (χ3v) is 6.55. The maximum absolute atomic E-state index is 12.8. The molecule has 174 valence electrons. The summed E-state index contributed by atoms with van der Waals surface area (Å²) in [5, 5.41) is 9.26. The predicted molar refractivity (Wildman–Crippen MR) is 131 cm³/mol. The fraction of sp³-hybridized carbons (Fsp3) is 0.375. The summed E-state index contributed by atoms with van der Waals surface area (Å²) in [6, 6.07) is 14.4. The number of benzene rings is 2. The molecule has 1 N–H and O–H groups in total. The minimum atomic E-state index is -0.305. The van der Waals surface area contributed by atoms with E-state index < -0.39 is 0 Å². The van der Waals surface area contributed by atoms with E-state index in [1.54, 1.807) is 0 Å². The average molecular weight is 487 g/mol. The maximum Gasteiger partial charge on any atom is 0.273 e. The lowest BCUT2D eigenvalue weighted by Crippen LogP contribution is -2.30. The van der Waals surface area contributed by atoms with Crippen molar-refractivity contribution >= 4 is 45.0 Å². The van der Waals surface area contributed by atoms with Gasteiger partial charge in [0.25, 0.3) is 5.91 Å². The number of aromatic nitrogens is 1. The van der Waals surface area contributed by atoms with Crippen molar-refractivity contribution in [3.63, 3.8) is 0 Å². The molecule has 0 radical (unpaired) electrons. The van der Waals surface area contributed by atoms with E-state index in [4.69, 9.17) is 31.0 Å². The molecule has 33 heavy (non-hydrogen) atoms. The van der Waals surface area contributed by atoms with E-state index in [-0.39, 0.29) is 24.8 Å². The Morgan fingerprint density at radius 1 is 1.21 bits per heavy atom. The largest absolute Gasteiger partial charge is 0.473 e. The highest BCUT2D eigenvalue weighted by molar-refractivity contribution is 8.22. The van der Waals surface area contributed by atoms with Crippen LogP contribution in [0.3, 0.4) is 0 Å². The van der Waals surface area contributed by atoms with Crippen LogP contribution in [0.1, 0.15) is 33.8 Å². The van der Waals surface area contributed by atoms with Crippen LogP contribution in [0.5, 0.6) is 0 Å². The summed E-state index contributed by atoms with van der Waals surface area (Å²) < 4.78 is 22.7. The van der Waals surface area contributed by atoms with Crippen molar-refractivity contribution in [3.8, 4) is 0 Å². The van der Waals surface area contributed by atoms with Gasteiger partial charge in [0, 0.05) is 19.1 Å². The number of hydrogen-bond acceptors (Lipinski definition) is 8. The van der Waals surface area contributed by atoms with Crippen LogP contribution in [-0.2, 0) is 34.0 Å². The summed E-state index contributed by atoms with van der Waals surface area (Å²) in [6.45, 7) is 2.57. The second-order valence-electron chi connectivity index (χ2n) is 7.79. The van der Waals surface area contributed by atoms with Crippen molar-refractivity contribution in [2.75, 3.05) is 26.0 Å². The van der Waals surface area contributed by atoms with Gasteiger partial charge >= 0.3 is 0 Å². The Morgan fingerprint density at radius 2 is 2.06 bits per heavy atom. The molecule has 0 spiro atoms. The van der Waals surface area contributed by atoms with E-state index in [0.717, 1.165) is 24.0 Å². The van der Waals surface area contributed by atoms with Gasteiger partial charge in [-0.15, -0.1) is 0 Å². The number of thiocarbonyl (C=S) groups is 1. The molecular weight excluding hydrogens is 460 g/mol. The predicted octanol–water partition coefficient (Wildman–Crippen LogP) is 4.48. The van der Waals surface area contributed by atoms with Gasteiger partial charge in [-0.1, -0.05) is 53.3 Å². The fourth-order valence-corrected chi connectivity index (χ4v) is 3.86. The van der Waals surface area contributed by atoms with Gasteiger partial charge in [-0.3, -0.25) is 4.79 Å². The Hall–Kier alpha value is -2.46. The first kappa shape index (κ1) is 23.7. The van der Waals surface area contributed by atoms with Crippen molar-refractivity contribution in [1.82, 2.24) is 10.5 Å². The first-order valence-corrected chi connectivity index (χ1v) is 12.4. The summed E-state index contributed by atoms with van der Waals surface area (Å²) >= 11 is 6.46. The first-order valence-electron chi connectivity index (χ1n) is 10.7. The molecule has 1 aliphatic rings. The topological polar surface area (TPSA) is 82.8 Å². The van der Waals surface area contributed by atoms with Crippen LogP contribution >= 0.6 is 24.0 Å². The summed E-state index contributed by atoms with van der Waals surface area (Å²) in [5.74, 6) is 0.462. The van der Waals surface area contributed by atoms with Crippen molar-refractivity contribution < 1.29 is 23.5 Å². The quantitative estimate of drug-likeness (QED) is 0.444. The number of ether oxygens (including phenoxy) is 3. The molecule has 0 aliphatic carbocycles. The van der Waals surface area contributed by atoms with E-state index in [0.29, 0.717) is 41.4 Å². The number of nitrogens with zero attached hydrogens (tertiary/aromatic N) is 1. The zero-order valence-corrected chi connectivity index (χ0v) is 20.0. The highest BCUT2D eigenvalue weighted by Crippen LogP contribution is 2.21. The van der Waals surface area contributed by atoms with Gasteiger partial charge < -0.3 is 24.1 Å². The second-order valence-corrected chi connectivity index (χ2v) is 9.20. The Balaban J connectivity index is 1.41. The summed E-state index contributed by atoms with van der Waals surface area (Å²) in [6.07, 6.45) is 2.77. The second kappa shape index (κ2) is 11.6. The molecule has 0 saturated carbocycles. The van der Waals surface area contributed by atoms with Gasteiger partial charge in [0.1, 0.15) is 13.2 Å².